The minimum Gasteiger partial charge on any atom is -0.300 e. The number of Topliss-reactive ketones (excluding diaryl/α,β-unsaturated/α-hetero) is 1. The second kappa shape index (κ2) is 5.66. The van der Waals surface area contributed by atoms with Gasteiger partial charge < -0.3 is 0 Å². The van der Waals surface area contributed by atoms with Crippen LogP contribution in [-0.2, 0) is 24.7 Å². The Hall–Kier alpha value is -0.470. The van der Waals surface area contributed by atoms with Crippen molar-refractivity contribution in [2.24, 2.45) is 0 Å². The van der Waals surface area contributed by atoms with Crippen molar-refractivity contribution in [3.05, 3.63) is 0 Å². The minimum absolute atomic E-state index is 0.160. The molecule has 0 amide bonds. The maximum atomic E-state index is 11.9. The summed E-state index contributed by atoms with van der Waals surface area (Å²) in [5, 5.41) is 0. The summed E-state index contributed by atoms with van der Waals surface area (Å²) in [6.45, 7) is 0. The lowest BCUT2D eigenvalue weighted by Crippen LogP contribution is -2.41. The number of hydrogen-bond donors (Lipinski definition) is 0. The van der Waals surface area contributed by atoms with Gasteiger partial charge in [-0.3, -0.25) is 4.79 Å². The zero-order valence-electron chi connectivity index (χ0n) is 10.6. The Bertz CT molecular complexity index is 498. The number of rotatable bonds is 5. The number of nitrogens with zero attached hydrogens (tertiary/aromatic N) is 1. The summed E-state index contributed by atoms with van der Waals surface area (Å²) in [5.41, 5.74) is 0. The summed E-state index contributed by atoms with van der Waals surface area (Å²) in [6.07, 6.45) is 2.86. The fraction of sp³-hybridized carbons (Fsp3) is 0.900. The monoisotopic (exact) mass is 297 g/mol. The molecule has 0 saturated heterocycles. The van der Waals surface area contributed by atoms with E-state index in [1.807, 2.05) is 0 Å². The number of ketones is 1. The highest BCUT2D eigenvalue weighted by Crippen LogP contribution is 2.21. The molecule has 0 bridgehead atoms. The van der Waals surface area contributed by atoms with Gasteiger partial charge in [-0.2, -0.15) is 0 Å². The number of hydrogen-bond acceptors (Lipinski definition) is 5. The van der Waals surface area contributed by atoms with Crippen LogP contribution in [0.15, 0.2) is 0 Å². The Labute approximate surface area is 108 Å². The number of sulfonamides is 1. The third kappa shape index (κ3) is 4.66. The highest BCUT2D eigenvalue weighted by Gasteiger charge is 2.30. The van der Waals surface area contributed by atoms with Crippen LogP contribution in [0.4, 0.5) is 0 Å². The van der Waals surface area contributed by atoms with Crippen molar-refractivity contribution < 1.29 is 21.6 Å². The molecule has 0 unspecified atom stereocenters. The fourth-order valence-electron chi connectivity index (χ4n) is 1.92. The Morgan fingerprint density at radius 1 is 1.11 bits per heavy atom. The average molecular weight is 297 g/mol. The molecular formula is C10H19NO5S2. The van der Waals surface area contributed by atoms with Gasteiger partial charge in [0.1, 0.15) is 15.6 Å². The van der Waals surface area contributed by atoms with Crippen LogP contribution in [0.25, 0.3) is 0 Å². The van der Waals surface area contributed by atoms with Crippen molar-refractivity contribution in [1.82, 2.24) is 4.31 Å². The molecule has 0 atom stereocenters. The highest BCUT2D eigenvalue weighted by molar-refractivity contribution is 7.93. The Kier molecular flexibility index (Phi) is 4.90. The smallest absolute Gasteiger partial charge is 0.215 e. The molecule has 1 aliphatic rings. The van der Waals surface area contributed by atoms with E-state index in [0.717, 1.165) is 6.26 Å². The average Bonchev–Trinajstić information content (AvgIpc) is 2.26. The van der Waals surface area contributed by atoms with Gasteiger partial charge >= 0.3 is 0 Å². The molecule has 18 heavy (non-hydrogen) atoms. The van der Waals surface area contributed by atoms with E-state index in [4.69, 9.17) is 0 Å². The van der Waals surface area contributed by atoms with E-state index >= 15 is 0 Å². The first kappa shape index (κ1) is 15.6. The van der Waals surface area contributed by atoms with E-state index in [1.54, 1.807) is 0 Å². The van der Waals surface area contributed by atoms with E-state index in [-0.39, 0.29) is 17.6 Å². The summed E-state index contributed by atoms with van der Waals surface area (Å²) in [7, 11) is -5.40. The van der Waals surface area contributed by atoms with Crippen molar-refractivity contribution in [3.8, 4) is 0 Å². The molecule has 106 valence electrons. The van der Waals surface area contributed by atoms with Gasteiger partial charge in [-0.05, 0) is 12.8 Å². The molecule has 6 nitrogen and oxygen atoms in total. The molecule has 0 aromatic heterocycles. The Morgan fingerprint density at radius 2 is 1.61 bits per heavy atom. The second-order valence-electron chi connectivity index (χ2n) is 4.73. The van der Waals surface area contributed by atoms with Crippen molar-refractivity contribution in [2.75, 3.05) is 24.8 Å². The van der Waals surface area contributed by atoms with E-state index in [2.05, 4.69) is 0 Å². The largest absolute Gasteiger partial charge is 0.300 e. The molecule has 1 rings (SSSR count). The maximum absolute atomic E-state index is 11.9. The minimum atomic E-state index is -3.57. The molecule has 1 fully saturated rings. The number of sulfone groups is 1. The molecule has 0 N–H and O–H groups in total. The SMILES string of the molecule is CN(C1CCC(=O)CC1)S(=O)(=O)CCS(C)(=O)=O. The lowest BCUT2D eigenvalue weighted by molar-refractivity contribution is -0.120. The first-order valence-corrected chi connectivity index (χ1v) is 9.44. The number of carbonyl (C=O) groups is 1. The van der Waals surface area contributed by atoms with Crippen LogP contribution in [-0.4, -0.2) is 57.8 Å². The zero-order chi connectivity index (χ0) is 14.0. The summed E-state index contributed by atoms with van der Waals surface area (Å²) >= 11 is 0. The first-order chi connectivity index (χ1) is 8.12. The predicted octanol–water partition coefficient (Wildman–Crippen LogP) is -0.196. The Morgan fingerprint density at radius 3 is 2.06 bits per heavy atom. The van der Waals surface area contributed by atoms with E-state index in [9.17, 15) is 21.6 Å². The van der Waals surface area contributed by atoms with E-state index < -0.39 is 25.6 Å². The van der Waals surface area contributed by atoms with Gasteiger partial charge in [0.25, 0.3) is 0 Å². The van der Waals surface area contributed by atoms with Crippen LogP contribution in [0.1, 0.15) is 25.7 Å². The standard InChI is InChI=1S/C10H19NO5S2/c1-11(9-3-5-10(12)6-4-9)18(15,16)8-7-17(2,13)14/h9H,3-8H2,1-2H3. The summed E-state index contributed by atoms with van der Waals surface area (Å²) in [6, 6.07) is -0.188. The molecule has 0 radical (unpaired) electrons. The molecule has 0 aromatic rings. The van der Waals surface area contributed by atoms with Crippen molar-refractivity contribution in [1.29, 1.82) is 0 Å². The van der Waals surface area contributed by atoms with Crippen molar-refractivity contribution in [2.45, 2.75) is 31.7 Å². The third-order valence-electron chi connectivity index (χ3n) is 3.18. The van der Waals surface area contributed by atoms with Gasteiger partial charge in [0.05, 0.1) is 11.5 Å². The Balaban J connectivity index is 2.64. The fourth-order valence-corrected chi connectivity index (χ4v) is 4.92. The van der Waals surface area contributed by atoms with Crippen LogP contribution >= 0.6 is 0 Å². The van der Waals surface area contributed by atoms with E-state index in [0.29, 0.717) is 25.7 Å². The van der Waals surface area contributed by atoms with Crippen LogP contribution in [0, 0.1) is 0 Å². The van der Waals surface area contributed by atoms with Gasteiger partial charge in [-0.25, -0.2) is 21.1 Å². The van der Waals surface area contributed by atoms with Gasteiger partial charge in [0.15, 0.2) is 0 Å². The van der Waals surface area contributed by atoms with Gasteiger partial charge in [-0.15, -0.1) is 0 Å². The molecule has 0 aliphatic heterocycles. The number of carbonyl (C=O) groups excluding carboxylic acids is 1. The van der Waals surface area contributed by atoms with Crippen LogP contribution < -0.4 is 0 Å². The molecule has 0 aromatic carbocycles. The zero-order valence-corrected chi connectivity index (χ0v) is 12.3. The topological polar surface area (TPSA) is 88.6 Å². The summed E-state index contributed by atoms with van der Waals surface area (Å²) in [5.74, 6) is -0.605. The van der Waals surface area contributed by atoms with Crippen LogP contribution in [0.3, 0.4) is 0 Å². The molecule has 0 heterocycles. The first-order valence-electron chi connectivity index (χ1n) is 5.77. The third-order valence-corrected chi connectivity index (χ3v) is 6.28. The van der Waals surface area contributed by atoms with Crippen molar-refractivity contribution >= 4 is 25.6 Å². The lowest BCUT2D eigenvalue weighted by atomic mass is 9.95. The predicted molar refractivity (Wildman–Crippen MR) is 68.5 cm³/mol. The van der Waals surface area contributed by atoms with Gasteiger partial charge in [0, 0.05) is 32.2 Å². The normalized spacial score (nSPS) is 19.4. The summed E-state index contributed by atoms with van der Waals surface area (Å²) in [4.78, 5) is 11.1. The quantitative estimate of drug-likeness (QED) is 0.701. The molecule has 8 heteroatoms. The molecule has 1 aliphatic carbocycles. The second-order valence-corrected chi connectivity index (χ2v) is 9.14. The van der Waals surface area contributed by atoms with Gasteiger partial charge in [0.2, 0.25) is 10.0 Å². The van der Waals surface area contributed by atoms with E-state index in [1.165, 1.54) is 11.4 Å². The molecular weight excluding hydrogens is 278 g/mol. The highest BCUT2D eigenvalue weighted by atomic mass is 32.2. The van der Waals surface area contributed by atoms with Crippen molar-refractivity contribution in [3.63, 3.8) is 0 Å². The van der Waals surface area contributed by atoms with Crippen LogP contribution in [0.2, 0.25) is 0 Å². The van der Waals surface area contributed by atoms with Crippen LogP contribution in [0.5, 0.6) is 0 Å². The molecule has 0 spiro atoms. The summed E-state index contributed by atoms with van der Waals surface area (Å²) < 4.78 is 47.1. The lowest BCUT2D eigenvalue weighted by Gasteiger charge is -2.29. The molecule has 1 saturated carbocycles. The van der Waals surface area contributed by atoms with Gasteiger partial charge in [-0.1, -0.05) is 0 Å². The maximum Gasteiger partial charge on any atom is 0.215 e.